The molecule has 0 aliphatic carbocycles. The van der Waals surface area contributed by atoms with Crippen LogP contribution in [-0.4, -0.2) is 27.3 Å². The number of nitrogens with two attached hydrogens (primary N) is 1. The fourth-order valence-corrected chi connectivity index (χ4v) is 2.62. The quantitative estimate of drug-likeness (QED) is 0.689. The lowest BCUT2D eigenvalue weighted by atomic mass is 9.99. The molecule has 1 atom stereocenters. The van der Waals surface area contributed by atoms with Gasteiger partial charge in [0.25, 0.3) is 0 Å². The number of hydrogen-bond acceptors (Lipinski definition) is 5. The summed E-state index contributed by atoms with van der Waals surface area (Å²) in [5, 5.41) is 4.50. The van der Waals surface area contributed by atoms with Crippen LogP contribution in [0.5, 0.6) is 0 Å². The molecule has 0 radical (unpaired) electrons. The SMILES string of the molecule is CCOC(=O)C1CCCn2nc(-c3cccc(N)c3)nc21. The average Bonchev–Trinajstić information content (AvgIpc) is 2.91. The normalized spacial score (nSPS) is 17.3. The number of carbonyl (C=O) groups excluding carboxylic acids is 1. The van der Waals surface area contributed by atoms with Crippen molar-refractivity contribution in [3.63, 3.8) is 0 Å². The van der Waals surface area contributed by atoms with Crippen molar-refractivity contribution in [2.45, 2.75) is 32.2 Å². The van der Waals surface area contributed by atoms with Crippen LogP contribution in [0.15, 0.2) is 24.3 Å². The summed E-state index contributed by atoms with van der Waals surface area (Å²) in [5.74, 6) is 0.761. The molecule has 0 saturated heterocycles. The van der Waals surface area contributed by atoms with Crippen molar-refractivity contribution in [2.24, 2.45) is 0 Å². The van der Waals surface area contributed by atoms with Crippen LogP contribution in [0, 0.1) is 0 Å². The van der Waals surface area contributed by atoms with Crippen LogP contribution in [0.1, 0.15) is 31.5 Å². The van der Waals surface area contributed by atoms with E-state index < -0.39 is 0 Å². The molecule has 0 fully saturated rings. The zero-order valence-corrected chi connectivity index (χ0v) is 12.0. The van der Waals surface area contributed by atoms with Gasteiger partial charge in [0, 0.05) is 17.8 Å². The number of hydrogen-bond donors (Lipinski definition) is 1. The van der Waals surface area contributed by atoms with Crippen molar-refractivity contribution in [2.75, 3.05) is 12.3 Å². The molecule has 2 aromatic rings. The van der Waals surface area contributed by atoms with Crippen molar-refractivity contribution in [1.29, 1.82) is 0 Å². The van der Waals surface area contributed by atoms with Crippen molar-refractivity contribution in [3.8, 4) is 11.4 Å². The van der Waals surface area contributed by atoms with Crippen molar-refractivity contribution < 1.29 is 9.53 Å². The Bertz CT molecular complexity index is 665. The minimum atomic E-state index is -0.319. The van der Waals surface area contributed by atoms with Crippen LogP contribution in [0.3, 0.4) is 0 Å². The predicted octanol–water partition coefficient (Wildman–Crippen LogP) is 1.97. The van der Waals surface area contributed by atoms with E-state index in [1.807, 2.05) is 35.9 Å². The summed E-state index contributed by atoms with van der Waals surface area (Å²) in [5.41, 5.74) is 7.33. The van der Waals surface area contributed by atoms with Gasteiger partial charge in [0.1, 0.15) is 11.7 Å². The zero-order chi connectivity index (χ0) is 14.8. The molecule has 1 aliphatic heterocycles. The molecule has 1 aromatic heterocycles. The topological polar surface area (TPSA) is 83.0 Å². The molecule has 6 heteroatoms. The highest BCUT2D eigenvalue weighted by Gasteiger charge is 2.31. The Hall–Kier alpha value is -2.37. The number of esters is 1. The van der Waals surface area contributed by atoms with E-state index >= 15 is 0 Å². The summed E-state index contributed by atoms with van der Waals surface area (Å²) >= 11 is 0. The maximum absolute atomic E-state index is 12.0. The molecule has 1 aromatic carbocycles. The van der Waals surface area contributed by atoms with Crippen LogP contribution in [0.25, 0.3) is 11.4 Å². The maximum Gasteiger partial charge on any atom is 0.316 e. The van der Waals surface area contributed by atoms with E-state index in [2.05, 4.69) is 10.1 Å². The molecule has 1 aliphatic rings. The van der Waals surface area contributed by atoms with Gasteiger partial charge in [0.05, 0.1) is 6.61 Å². The van der Waals surface area contributed by atoms with E-state index in [1.165, 1.54) is 0 Å². The van der Waals surface area contributed by atoms with Gasteiger partial charge < -0.3 is 10.5 Å². The molecule has 1 unspecified atom stereocenters. The Morgan fingerprint density at radius 2 is 2.38 bits per heavy atom. The maximum atomic E-state index is 12.0. The summed E-state index contributed by atoms with van der Waals surface area (Å²) in [6, 6.07) is 7.44. The first-order valence-electron chi connectivity index (χ1n) is 7.16. The van der Waals surface area contributed by atoms with E-state index in [0.717, 1.165) is 24.9 Å². The average molecular weight is 286 g/mol. The van der Waals surface area contributed by atoms with E-state index in [1.54, 1.807) is 0 Å². The molecule has 6 nitrogen and oxygen atoms in total. The number of benzene rings is 1. The number of anilines is 1. The van der Waals surface area contributed by atoms with Gasteiger partial charge in [-0.1, -0.05) is 12.1 Å². The van der Waals surface area contributed by atoms with Gasteiger partial charge in [0.2, 0.25) is 0 Å². The van der Waals surface area contributed by atoms with Crippen LogP contribution in [0.2, 0.25) is 0 Å². The van der Waals surface area contributed by atoms with Crippen molar-refractivity contribution in [1.82, 2.24) is 14.8 Å². The lowest BCUT2D eigenvalue weighted by Crippen LogP contribution is -2.25. The van der Waals surface area contributed by atoms with Crippen LogP contribution in [0.4, 0.5) is 5.69 Å². The first kappa shape index (κ1) is 13.6. The minimum Gasteiger partial charge on any atom is -0.465 e. The number of fused-ring (bicyclic) bond motifs is 1. The summed E-state index contributed by atoms with van der Waals surface area (Å²) in [6.07, 6.45) is 1.66. The second kappa shape index (κ2) is 5.55. The summed E-state index contributed by atoms with van der Waals surface area (Å²) in [4.78, 5) is 16.6. The van der Waals surface area contributed by atoms with E-state index in [0.29, 0.717) is 23.9 Å². The lowest BCUT2D eigenvalue weighted by molar-refractivity contribution is -0.145. The molecular formula is C15H18N4O2. The monoisotopic (exact) mass is 286 g/mol. The second-order valence-corrected chi connectivity index (χ2v) is 5.09. The van der Waals surface area contributed by atoms with Crippen LogP contribution >= 0.6 is 0 Å². The van der Waals surface area contributed by atoms with E-state index in [9.17, 15) is 4.79 Å². The number of aryl methyl sites for hydroxylation is 1. The first-order valence-corrected chi connectivity index (χ1v) is 7.16. The number of nitrogen functional groups attached to an aromatic ring is 1. The molecule has 2 N–H and O–H groups in total. The fraction of sp³-hybridized carbons (Fsp3) is 0.400. The third-order valence-electron chi connectivity index (χ3n) is 3.59. The highest BCUT2D eigenvalue weighted by molar-refractivity contribution is 5.77. The lowest BCUT2D eigenvalue weighted by Gasteiger charge is -2.20. The van der Waals surface area contributed by atoms with Gasteiger partial charge >= 0.3 is 5.97 Å². The molecule has 2 heterocycles. The third-order valence-corrected chi connectivity index (χ3v) is 3.59. The van der Waals surface area contributed by atoms with Gasteiger partial charge in [-0.05, 0) is 31.9 Å². The van der Waals surface area contributed by atoms with Crippen LogP contribution in [-0.2, 0) is 16.1 Å². The Labute approximate surface area is 122 Å². The molecule has 3 rings (SSSR count). The largest absolute Gasteiger partial charge is 0.465 e. The van der Waals surface area contributed by atoms with Crippen LogP contribution < -0.4 is 5.73 Å². The highest BCUT2D eigenvalue weighted by Crippen LogP contribution is 2.29. The Morgan fingerprint density at radius 3 is 3.14 bits per heavy atom. The van der Waals surface area contributed by atoms with Gasteiger partial charge in [0.15, 0.2) is 5.82 Å². The number of rotatable bonds is 3. The summed E-state index contributed by atoms with van der Waals surface area (Å²) in [7, 11) is 0. The summed E-state index contributed by atoms with van der Waals surface area (Å²) in [6.45, 7) is 2.97. The van der Waals surface area contributed by atoms with E-state index in [4.69, 9.17) is 10.5 Å². The molecule has 21 heavy (non-hydrogen) atoms. The molecule has 110 valence electrons. The number of ether oxygens (including phenoxy) is 1. The third kappa shape index (κ3) is 2.61. The Kier molecular flexibility index (Phi) is 3.60. The number of carbonyl (C=O) groups is 1. The Balaban J connectivity index is 1.96. The predicted molar refractivity (Wildman–Crippen MR) is 78.5 cm³/mol. The van der Waals surface area contributed by atoms with E-state index in [-0.39, 0.29) is 11.9 Å². The molecule has 0 spiro atoms. The minimum absolute atomic E-state index is 0.218. The van der Waals surface area contributed by atoms with Gasteiger partial charge in [-0.15, -0.1) is 0 Å². The molecule has 0 bridgehead atoms. The molecule has 0 saturated carbocycles. The van der Waals surface area contributed by atoms with Crippen molar-refractivity contribution >= 4 is 11.7 Å². The first-order chi connectivity index (χ1) is 10.2. The molecular weight excluding hydrogens is 268 g/mol. The zero-order valence-electron chi connectivity index (χ0n) is 12.0. The standard InChI is InChI=1S/C15H18N4O2/c1-2-21-15(20)12-7-4-8-19-14(12)17-13(18-19)10-5-3-6-11(16)9-10/h3,5-6,9,12H,2,4,7-8,16H2,1H3. The summed E-state index contributed by atoms with van der Waals surface area (Å²) < 4.78 is 6.94. The highest BCUT2D eigenvalue weighted by atomic mass is 16.5. The van der Waals surface area contributed by atoms with Gasteiger partial charge in [-0.3, -0.25) is 4.79 Å². The fourth-order valence-electron chi connectivity index (χ4n) is 2.62. The van der Waals surface area contributed by atoms with Gasteiger partial charge in [-0.25, -0.2) is 9.67 Å². The Morgan fingerprint density at radius 1 is 1.52 bits per heavy atom. The smallest absolute Gasteiger partial charge is 0.316 e. The number of aromatic nitrogens is 3. The molecule has 0 amide bonds. The van der Waals surface area contributed by atoms with Gasteiger partial charge in [-0.2, -0.15) is 5.10 Å². The second-order valence-electron chi connectivity index (χ2n) is 5.09. The van der Waals surface area contributed by atoms with Crippen molar-refractivity contribution in [3.05, 3.63) is 30.1 Å². The number of nitrogens with zero attached hydrogens (tertiary/aromatic N) is 3.